The van der Waals surface area contributed by atoms with Gasteiger partial charge in [0.1, 0.15) is 6.54 Å². The number of aryl methyl sites for hydroxylation is 1. The van der Waals surface area contributed by atoms with Crippen LogP contribution in [-0.4, -0.2) is 27.9 Å². The van der Waals surface area contributed by atoms with E-state index in [1.54, 1.807) is 6.92 Å². The van der Waals surface area contributed by atoms with Crippen molar-refractivity contribution in [2.45, 2.75) is 19.9 Å². The summed E-state index contributed by atoms with van der Waals surface area (Å²) in [7, 11) is 0. The summed E-state index contributed by atoms with van der Waals surface area (Å²) in [6, 6.07) is 1.50. The zero-order valence-electron chi connectivity index (χ0n) is 8.55. The molecular weight excluding hydrogens is 198 g/mol. The summed E-state index contributed by atoms with van der Waals surface area (Å²) < 4.78 is 6.69. The maximum atomic E-state index is 10.7. The van der Waals surface area contributed by atoms with Gasteiger partial charge in [-0.05, 0) is 18.3 Å². The highest BCUT2D eigenvalue weighted by molar-refractivity contribution is 5.22. The molecule has 2 rings (SSSR count). The van der Waals surface area contributed by atoms with Gasteiger partial charge in [-0.1, -0.05) is 5.10 Å². The second-order valence-electron chi connectivity index (χ2n) is 3.81. The van der Waals surface area contributed by atoms with Crippen molar-refractivity contribution >= 4 is 5.82 Å². The van der Waals surface area contributed by atoms with E-state index in [0.717, 1.165) is 13.0 Å². The first-order valence-electron chi connectivity index (χ1n) is 4.93. The molecule has 1 aliphatic rings. The molecule has 0 saturated carbocycles. The van der Waals surface area contributed by atoms with Gasteiger partial charge < -0.3 is 14.9 Å². The van der Waals surface area contributed by atoms with Crippen LogP contribution in [0.15, 0.2) is 6.07 Å². The van der Waals surface area contributed by atoms with E-state index in [4.69, 9.17) is 4.74 Å². The van der Waals surface area contributed by atoms with Crippen molar-refractivity contribution in [3.05, 3.63) is 21.9 Å². The second-order valence-corrected chi connectivity index (χ2v) is 3.81. The van der Waals surface area contributed by atoms with Crippen molar-refractivity contribution in [2.75, 3.05) is 13.2 Å². The van der Waals surface area contributed by atoms with Gasteiger partial charge >= 0.3 is 5.82 Å². The number of hydrogen-bond donors (Lipinski definition) is 0. The summed E-state index contributed by atoms with van der Waals surface area (Å²) in [6.07, 6.45) is 0.954. The molecule has 1 unspecified atom stereocenters. The summed E-state index contributed by atoms with van der Waals surface area (Å²) in [5, 5.41) is 14.8. The van der Waals surface area contributed by atoms with Gasteiger partial charge in [0.15, 0.2) is 0 Å². The predicted octanol–water partition coefficient (Wildman–Crippen LogP) is 1.14. The summed E-state index contributed by atoms with van der Waals surface area (Å²) in [5.74, 6) is 0.419. The SMILES string of the molecule is Cc1cc([N+](=O)[O-])n(CC2CCOC2)n1. The number of ether oxygens (including phenoxy) is 1. The number of rotatable bonds is 3. The Bertz CT molecular complexity index is 369. The lowest BCUT2D eigenvalue weighted by atomic mass is 10.1. The summed E-state index contributed by atoms with van der Waals surface area (Å²) >= 11 is 0. The van der Waals surface area contributed by atoms with Crippen molar-refractivity contribution in [1.82, 2.24) is 9.78 Å². The molecule has 15 heavy (non-hydrogen) atoms. The quantitative estimate of drug-likeness (QED) is 0.555. The molecule has 0 N–H and O–H groups in total. The first-order valence-corrected chi connectivity index (χ1v) is 4.93. The molecule has 0 aromatic carbocycles. The lowest BCUT2D eigenvalue weighted by Gasteiger charge is -2.04. The molecule has 0 aliphatic carbocycles. The van der Waals surface area contributed by atoms with Gasteiger partial charge in [-0.15, -0.1) is 4.68 Å². The van der Waals surface area contributed by atoms with E-state index in [2.05, 4.69) is 5.10 Å². The third-order valence-corrected chi connectivity index (χ3v) is 2.52. The van der Waals surface area contributed by atoms with Crippen LogP contribution < -0.4 is 0 Å². The molecule has 0 bridgehead atoms. The average Bonchev–Trinajstić information content (AvgIpc) is 2.75. The maximum Gasteiger partial charge on any atom is 0.345 e. The fraction of sp³-hybridized carbons (Fsp3) is 0.667. The Morgan fingerprint density at radius 2 is 2.60 bits per heavy atom. The Balaban J connectivity index is 2.15. The molecule has 6 nitrogen and oxygen atoms in total. The summed E-state index contributed by atoms with van der Waals surface area (Å²) in [4.78, 5) is 10.3. The number of aromatic nitrogens is 2. The molecule has 6 heteroatoms. The van der Waals surface area contributed by atoms with E-state index in [0.29, 0.717) is 24.8 Å². The maximum absolute atomic E-state index is 10.7. The zero-order chi connectivity index (χ0) is 10.8. The van der Waals surface area contributed by atoms with Gasteiger partial charge in [0, 0.05) is 12.5 Å². The predicted molar refractivity (Wildman–Crippen MR) is 52.5 cm³/mol. The van der Waals surface area contributed by atoms with Crippen LogP contribution in [0.4, 0.5) is 5.82 Å². The van der Waals surface area contributed by atoms with E-state index >= 15 is 0 Å². The Kier molecular flexibility index (Phi) is 2.68. The summed E-state index contributed by atoms with van der Waals surface area (Å²) in [6.45, 7) is 3.76. The largest absolute Gasteiger partial charge is 0.381 e. The average molecular weight is 211 g/mol. The Morgan fingerprint density at radius 3 is 3.20 bits per heavy atom. The molecule has 1 aromatic rings. The minimum Gasteiger partial charge on any atom is -0.381 e. The minimum absolute atomic E-state index is 0.0689. The van der Waals surface area contributed by atoms with E-state index in [9.17, 15) is 10.1 Å². The monoisotopic (exact) mass is 211 g/mol. The van der Waals surface area contributed by atoms with E-state index < -0.39 is 4.92 Å². The van der Waals surface area contributed by atoms with Gasteiger partial charge in [0.25, 0.3) is 0 Å². The number of nitro groups is 1. The van der Waals surface area contributed by atoms with E-state index in [1.165, 1.54) is 10.7 Å². The van der Waals surface area contributed by atoms with Crippen molar-refractivity contribution in [2.24, 2.45) is 5.92 Å². The van der Waals surface area contributed by atoms with Crippen LogP contribution in [0, 0.1) is 23.0 Å². The van der Waals surface area contributed by atoms with E-state index in [1.807, 2.05) is 0 Å². The highest BCUT2D eigenvalue weighted by atomic mass is 16.6. The first kappa shape index (κ1) is 10.1. The van der Waals surface area contributed by atoms with Gasteiger partial charge in [-0.2, -0.15) is 0 Å². The van der Waals surface area contributed by atoms with Crippen molar-refractivity contribution in [3.63, 3.8) is 0 Å². The normalized spacial score (nSPS) is 20.7. The van der Waals surface area contributed by atoms with Crippen LogP contribution in [0.3, 0.4) is 0 Å². The highest BCUT2D eigenvalue weighted by Crippen LogP contribution is 2.19. The molecule has 0 amide bonds. The highest BCUT2D eigenvalue weighted by Gasteiger charge is 2.23. The third-order valence-electron chi connectivity index (χ3n) is 2.52. The molecule has 82 valence electrons. The first-order chi connectivity index (χ1) is 7.16. The minimum atomic E-state index is -0.393. The van der Waals surface area contributed by atoms with E-state index in [-0.39, 0.29) is 5.82 Å². The van der Waals surface area contributed by atoms with Crippen LogP contribution in [0.1, 0.15) is 12.1 Å². The molecule has 1 atom stereocenters. The van der Waals surface area contributed by atoms with Gasteiger partial charge in [0.05, 0.1) is 18.4 Å². The Morgan fingerprint density at radius 1 is 1.80 bits per heavy atom. The van der Waals surface area contributed by atoms with Gasteiger partial charge in [-0.3, -0.25) is 0 Å². The van der Waals surface area contributed by atoms with Crippen molar-refractivity contribution in [3.8, 4) is 0 Å². The molecule has 0 radical (unpaired) electrons. The van der Waals surface area contributed by atoms with Crippen molar-refractivity contribution < 1.29 is 9.66 Å². The van der Waals surface area contributed by atoms with Crippen LogP contribution in [0.5, 0.6) is 0 Å². The molecule has 0 spiro atoms. The zero-order valence-corrected chi connectivity index (χ0v) is 8.55. The Hall–Kier alpha value is -1.43. The third kappa shape index (κ3) is 2.15. The van der Waals surface area contributed by atoms with Crippen LogP contribution >= 0.6 is 0 Å². The standard InChI is InChI=1S/C9H13N3O3/c1-7-4-9(12(13)14)11(10-7)5-8-2-3-15-6-8/h4,8H,2-3,5-6H2,1H3. The molecule has 1 aliphatic heterocycles. The van der Waals surface area contributed by atoms with Crippen molar-refractivity contribution in [1.29, 1.82) is 0 Å². The molecular formula is C9H13N3O3. The fourth-order valence-corrected chi connectivity index (χ4v) is 1.79. The number of nitrogens with zero attached hydrogens (tertiary/aromatic N) is 3. The molecule has 2 heterocycles. The fourth-order valence-electron chi connectivity index (χ4n) is 1.79. The molecule has 1 aromatic heterocycles. The molecule has 1 fully saturated rings. The Labute approximate surface area is 87.0 Å². The van der Waals surface area contributed by atoms with Crippen LogP contribution in [0.2, 0.25) is 0 Å². The lowest BCUT2D eigenvalue weighted by molar-refractivity contribution is -0.392. The topological polar surface area (TPSA) is 70.2 Å². The molecule has 1 saturated heterocycles. The van der Waals surface area contributed by atoms with Crippen LogP contribution in [-0.2, 0) is 11.3 Å². The summed E-state index contributed by atoms with van der Waals surface area (Å²) in [5.41, 5.74) is 0.681. The second kappa shape index (κ2) is 3.98. The smallest absolute Gasteiger partial charge is 0.345 e. The van der Waals surface area contributed by atoms with Gasteiger partial charge in [-0.25, -0.2) is 0 Å². The van der Waals surface area contributed by atoms with Gasteiger partial charge in [0.2, 0.25) is 0 Å². The number of hydrogen-bond acceptors (Lipinski definition) is 4. The van der Waals surface area contributed by atoms with Crippen LogP contribution in [0.25, 0.3) is 0 Å². The lowest BCUT2D eigenvalue weighted by Crippen LogP contribution is -2.13.